The van der Waals surface area contributed by atoms with Crippen molar-refractivity contribution in [1.29, 1.82) is 0 Å². The molecule has 8 heteroatoms. The second kappa shape index (κ2) is 7.18. The number of methoxy groups -OCH3 is 1. The SMILES string of the molecule is CNC(=O)CN(C)C(=O)[C@H]1[C@@H]2C=C[C@@]3(CN(Cc4cccc(OC)c4)C(=O)[C@H]13)O2. The van der Waals surface area contributed by atoms with Crippen LogP contribution in [0.5, 0.6) is 5.75 Å². The fourth-order valence-electron chi connectivity index (χ4n) is 4.61. The highest BCUT2D eigenvalue weighted by Crippen LogP contribution is 2.52. The first-order valence-corrected chi connectivity index (χ1v) is 9.63. The van der Waals surface area contributed by atoms with Crippen molar-refractivity contribution < 1.29 is 23.9 Å². The summed E-state index contributed by atoms with van der Waals surface area (Å²) < 4.78 is 11.4. The fourth-order valence-corrected chi connectivity index (χ4v) is 4.61. The van der Waals surface area contributed by atoms with Gasteiger partial charge in [0.05, 0.1) is 38.1 Å². The zero-order valence-electron chi connectivity index (χ0n) is 16.8. The lowest BCUT2D eigenvalue weighted by atomic mass is 9.76. The van der Waals surface area contributed by atoms with Crippen LogP contribution in [0.2, 0.25) is 0 Å². The predicted octanol–water partition coefficient (Wildman–Crippen LogP) is 0.182. The van der Waals surface area contributed by atoms with E-state index < -0.39 is 23.5 Å². The number of ether oxygens (including phenoxy) is 2. The third-order valence-electron chi connectivity index (χ3n) is 6.01. The molecule has 0 radical (unpaired) electrons. The van der Waals surface area contributed by atoms with E-state index in [1.807, 2.05) is 36.4 Å². The van der Waals surface area contributed by atoms with Crippen LogP contribution >= 0.6 is 0 Å². The van der Waals surface area contributed by atoms with Gasteiger partial charge in [0.2, 0.25) is 17.7 Å². The summed E-state index contributed by atoms with van der Waals surface area (Å²) in [4.78, 5) is 41.1. The summed E-state index contributed by atoms with van der Waals surface area (Å²) in [6, 6.07) is 7.57. The van der Waals surface area contributed by atoms with Crippen molar-refractivity contribution in [3.8, 4) is 5.75 Å². The summed E-state index contributed by atoms with van der Waals surface area (Å²) in [5, 5.41) is 2.51. The van der Waals surface area contributed by atoms with Crippen molar-refractivity contribution in [2.24, 2.45) is 11.8 Å². The van der Waals surface area contributed by atoms with Crippen molar-refractivity contribution in [3.05, 3.63) is 42.0 Å². The zero-order valence-corrected chi connectivity index (χ0v) is 16.8. The van der Waals surface area contributed by atoms with E-state index in [0.29, 0.717) is 13.1 Å². The second-order valence-electron chi connectivity index (χ2n) is 7.81. The number of carbonyl (C=O) groups excluding carboxylic acids is 3. The number of hydrogen-bond donors (Lipinski definition) is 1. The Morgan fingerprint density at radius 3 is 2.93 bits per heavy atom. The van der Waals surface area contributed by atoms with Crippen LogP contribution < -0.4 is 10.1 Å². The molecule has 1 aromatic rings. The molecule has 1 N–H and O–H groups in total. The molecule has 1 spiro atoms. The lowest BCUT2D eigenvalue weighted by molar-refractivity contribution is -0.144. The number of nitrogens with one attached hydrogen (secondary N) is 1. The first kappa shape index (κ1) is 19.4. The summed E-state index contributed by atoms with van der Waals surface area (Å²) >= 11 is 0. The fraction of sp³-hybridized carbons (Fsp3) is 0.476. The minimum Gasteiger partial charge on any atom is -0.497 e. The first-order chi connectivity index (χ1) is 13.9. The van der Waals surface area contributed by atoms with Gasteiger partial charge in [-0.05, 0) is 17.7 Å². The van der Waals surface area contributed by atoms with Gasteiger partial charge in [0.15, 0.2) is 0 Å². The highest BCUT2D eigenvalue weighted by Gasteiger charge is 2.67. The molecule has 2 bridgehead atoms. The van der Waals surface area contributed by atoms with Gasteiger partial charge in [-0.15, -0.1) is 0 Å². The molecule has 2 fully saturated rings. The van der Waals surface area contributed by atoms with Crippen molar-refractivity contribution in [2.75, 3.05) is 34.3 Å². The topological polar surface area (TPSA) is 88.2 Å². The van der Waals surface area contributed by atoms with Gasteiger partial charge in [0.25, 0.3) is 0 Å². The maximum absolute atomic E-state index is 13.3. The Morgan fingerprint density at radius 2 is 2.21 bits per heavy atom. The number of rotatable bonds is 6. The van der Waals surface area contributed by atoms with Crippen LogP contribution in [0.3, 0.4) is 0 Å². The summed E-state index contributed by atoms with van der Waals surface area (Å²) in [5.41, 5.74) is 0.182. The molecule has 3 aliphatic heterocycles. The minimum absolute atomic E-state index is 0.0519. The lowest BCUT2D eigenvalue weighted by Gasteiger charge is -2.27. The Bertz CT molecular complexity index is 885. The molecule has 2 saturated heterocycles. The highest BCUT2D eigenvalue weighted by molar-refractivity contribution is 5.94. The van der Waals surface area contributed by atoms with Crippen LogP contribution in [0.4, 0.5) is 0 Å². The molecular formula is C21H25N3O5. The normalized spacial score (nSPS) is 29.1. The molecule has 4 atom stereocenters. The molecule has 1 aromatic carbocycles. The Morgan fingerprint density at radius 1 is 1.41 bits per heavy atom. The third-order valence-corrected chi connectivity index (χ3v) is 6.01. The number of fused-ring (bicyclic) bond motifs is 1. The molecule has 4 rings (SSSR count). The Kier molecular flexibility index (Phi) is 4.82. The highest BCUT2D eigenvalue weighted by atomic mass is 16.5. The summed E-state index contributed by atoms with van der Waals surface area (Å²) in [6.45, 7) is 0.776. The predicted molar refractivity (Wildman–Crippen MR) is 104 cm³/mol. The smallest absolute Gasteiger partial charge is 0.239 e. The lowest BCUT2D eigenvalue weighted by Crippen LogP contribution is -2.47. The van der Waals surface area contributed by atoms with E-state index in [-0.39, 0.29) is 24.3 Å². The largest absolute Gasteiger partial charge is 0.497 e. The molecule has 29 heavy (non-hydrogen) atoms. The zero-order chi connectivity index (χ0) is 20.8. The molecule has 0 unspecified atom stereocenters. The quantitative estimate of drug-likeness (QED) is 0.690. The Hall–Kier alpha value is -2.87. The maximum Gasteiger partial charge on any atom is 0.239 e. The molecule has 3 heterocycles. The Balaban J connectivity index is 1.54. The van der Waals surface area contributed by atoms with Gasteiger partial charge in [-0.25, -0.2) is 0 Å². The van der Waals surface area contributed by atoms with Crippen molar-refractivity contribution in [2.45, 2.75) is 18.2 Å². The van der Waals surface area contributed by atoms with E-state index in [1.54, 1.807) is 19.1 Å². The molecule has 0 aliphatic carbocycles. The standard InChI is InChI=1S/C21H25N3O5/c1-22-16(25)11-23(2)19(26)17-15-7-8-21(29-15)12-24(20(27)18(17)21)10-13-5-4-6-14(9-13)28-3/h4-9,15,17-18H,10-12H2,1-3H3,(H,22,25)/t15-,17-,18-,21-/m0/s1. The van der Waals surface area contributed by atoms with E-state index in [9.17, 15) is 14.4 Å². The molecule has 0 aromatic heterocycles. The van der Waals surface area contributed by atoms with Crippen LogP contribution in [-0.4, -0.2) is 73.5 Å². The minimum atomic E-state index is -0.769. The van der Waals surface area contributed by atoms with Gasteiger partial charge in [0.1, 0.15) is 11.4 Å². The van der Waals surface area contributed by atoms with E-state index in [1.165, 1.54) is 11.9 Å². The monoisotopic (exact) mass is 399 g/mol. The van der Waals surface area contributed by atoms with Gasteiger partial charge in [0, 0.05) is 20.6 Å². The van der Waals surface area contributed by atoms with Gasteiger partial charge in [-0.3, -0.25) is 14.4 Å². The second-order valence-corrected chi connectivity index (χ2v) is 7.81. The van der Waals surface area contributed by atoms with Crippen LogP contribution in [0.15, 0.2) is 36.4 Å². The van der Waals surface area contributed by atoms with Gasteiger partial charge in [-0.2, -0.15) is 0 Å². The number of likely N-dealkylation sites (tertiary alicyclic amines) is 1. The van der Waals surface area contributed by atoms with E-state index in [2.05, 4.69) is 5.32 Å². The van der Waals surface area contributed by atoms with Gasteiger partial charge in [-0.1, -0.05) is 24.3 Å². The van der Waals surface area contributed by atoms with E-state index in [4.69, 9.17) is 9.47 Å². The summed E-state index contributed by atoms with van der Waals surface area (Å²) in [7, 11) is 4.70. The van der Waals surface area contributed by atoms with Gasteiger partial charge >= 0.3 is 0 Å². The summed E-state index contributed by atoms with van der Waals surface area (Å²) in [5.74, 6) is -1.04. The average Bonchev–Trinajstić information content (AvgIpc) is 3.35. The van der Waals surface area contributed by atoms with Crippen LogP contribution in [0, 0.1) is 11.8 Å². The number of likely N-dealkylation sites (N-methyl/N-ethyl adjacent to an activating group) is 2. The maximum atomic E-state index is 13.3. The van der Waals surface area contributed by atoms with E-state index in [0.717, 1.165) is 11.3 Å². The third kappa shape index (κ3) is 3.17. The average molecular weight is 399 g/mol. The summed E-state index contributed by atoms with van der Waals surface area (Å²) in [6.07, 6.45) is 3.37. The van der Waals surface area contributed by atoms with Crippen molar-refractivity contribution in [1.82, 2.24) is 15.1 Å². The van der Waals surface area contributed by atoms with Crippen molar-refractivity contribution in [3.63, 3.8) is 0 Å². The molecule has 3 aliphatic rings. The van der Waals surface area contributed by atoms with Crippen LogP contribution in [-0.2, 0) is 25.7 Å². The first-order valence-electron chi connectivity index (χ1n) is 9.63. The number of amides is 3. The van der Waals surface area contributed by atoms with E-state index >= 15 is 0 Å². The molecular weight excluding hydrogens is 374 g/mol. The molecule has 3 amide bonds. The number of nitrogens with zero attached hydrogens (tertiary/aromatic N) is 2. The Labute approximate surface area is 169 Å². The molecule has 154 valence electrons. The number of hydrogen-bond acceptors (Lipinski definition) is 5. The number of carbonyl (C=O) groups is 3. The molecule has 8 nitrogen and oxygen atoms in total. The number of benzene rings is 1. The molecule has 0 saturated carbocycles. The van der Waals surface area contributed by atoms with Gasteiger partial charge < -0.3 is 24.6 Å². The van der Waals surface area contributed by atoms with Crippen molar-refractivity contribution >= 4 is 17.7 Å². The van der Waals surface area contributed by atoms with Crippen LogP contribution in [0.1, 0.15) is 5.56 Å². The van der Waals surface area contributed by atoms with Crippen LogP contribution in [0.25, 0.3) is 0 Å².